The average Bonchev–Trinajstić information content (AvgIpc) is 2.46. The summed E-state index contributed by atoms with van der Waals surface area (Å²) in [5.74, 6) is -0.315. The Hall–Kier alpha value is -2.18. The number of nitrogens with two attached hydrogens (primary N) is 1. The highest BCUT2D eigenvalue weighted by Gasteiger charge is 2.13. The fourth-order valence-corrected chi connectivity index (χ4v) is 1.12. The van der Waals surface area contributed by atoms with Crippen LogP contribution in [0.2, 0.25) is 0 Å². The number of aromatic carboxylic acids is 1. The molecule has 72 valence electrons. The summed E-state index contributed by atoms with van der Waals surface area (Å²) < 4.78 is 1.21. The van der Waals surface area contributed by atoms with Crippen molar-refractivity contribution in [3.63, 3.8) is 0 Å². The maximum Gasteiger partial charge on any atom is 0.341 e. The fraction of sp³-hybridized carbons (Fsp3) is 0.143. The van der Waals surface area contributed by atoms with E-state index in [1.54, 1.807) is 6.92 Å². The van der Waals surface area contributed by atoms with Crippen molar-refractivity contribution in [1.82, 2.24) is 19.6 Å². The third-order valence-electron chi connectivity index (χ3n) is 1.74. The highest BCUT2D eigenvalue weighted by atomic mass is 16.4. The van der Waals surface area contributed by atoms with Crippen LogP contribution in [0.1, 0.15) is 16.2 Å². The Kier molecular flexibility index (Phi) is 1.60. The quantitative estimate of drug-likeness (QED) is 0.644. The molecule has 2 aromatic heterocycles. The minimum atomic E-state index is -1.13. The number of hydrogen-bond donors (Lipinski definition) is 2. The second-order valence-corrected chi connectivity index (χ2v) is 2.73. The summed E-state index contributed by atoms with van der Waals surface area (Å²) in [7, 11) is 0. The number of nitrogen functional groups attached to an aromatic ring is 1. The topological polar surface area (TPSA) is 106 Å². The van der Waals surface area contributed by atoms with Crippen LogP contribution in [0.4, 0.5) is 5.82 Å². The first kappa shape index (κ1) is 8.42. The van der Waals surface area contributed by atoms with Gasteiger partial charge in [0.1, 0.15) is 17.2 Å². The molecule has 0 radical (unpaired) electrons. The molecule has 2 rings (SSSR count). The number of carboxylic acid groups (broad SMARTS) is 1. The molecule has 2 aromatic rings. The zero-order chi connectivity index (χ0) is 10.3. The van der Waals surface area contributed by atoms with E-state index in [4.69, 9.17) is 10.8 Å². The largest absolute Gasteiger partial charge is 0.477 e. The molecular formula is C7H7N5O2. The van der Waals surface area contributed by atoms with Gasteiger partial charge in [0.25, 0.3) is 5.78 Å². The number of carbonyl (C=O) groups is 1. The van der Waals surface area contributed by atoms with Gasteiger partial charge in [0, 0.05) is 6.20 Å². The van der Waals surface area contributed by atoms with Gasteiger partial charge in [-0.1, -0.05) is 0 Å². The van der Waals surface area contributed by atoms with Gasteiger partial charge in [0.05, 0.1) is 0 Å². The van der Waals surface area contributed by atoms with E-state index in [0.29, 0.717) is 11.6 Å². The van der Waals surface area contributed by atoms with Crippen molar-refractivity contribution in [3.8, 4) is 0 Å². The van der Waals surface area contributed by atoms with Gasteiger partial charge in [-0.25, -0.2) is 9.78 Å². The lowest BCUT2D eigenvalue weighted by Gasteiger charge is -2.00. The summed E-state index contributed by atoms with van der Waals surface area (Å²) >= 11 is 0. The van der Waals surface area contributed by atoms with Gasteiger partial charge < -0.3 is 10.8 Å². The summed E-state index contributed by atoms with van der Waals surface area (Å²) in [6.07, 6.45) is 1.17. The van der Waals surface area contributed by atoms with E-state index < -0.39 is 5.97 Å². The molecule has 2 heterocycles. The lowest BCUT2D eigenvalue weighted by atomic mass is 10.3. The van der Waals surface area contributed by atoms with Gasteiger partial charge in [-0.05, 0) is 6.92 Å². The predicted molar refractivity (Wildman–Crippen MR) is 46.9 cm³/mol. The molecule has 3 N–H and O–H groups in total. The Morgan fingerprint density at radius 2 is 2.36 bits per heavy atom. The Morgan fingerprint density at radius 1 is 1.64 bits per heavy atom. The number of nitrogens with zero attached hydrogens (tertiary/aromatic N) is 4. The minimum Gasteiger partial charge on any atom is -0.477 e. The highest BCUT2D eigenvalue weighted by Crippen LogP contribution is 2.11. The Balaban J connectivity index is 2.80. The van der Waals surface area contributed by atoms with Gasteiger partial charge in [-0.15, -0.1) is 5.10 Å². The van der Waals surface area contributed by atoms with E-state index in [9.17, 15) is 4.79 Å². The van der Waals surface area contributed by atoms with Crippen LogP contribution in [0.15, 0.2) is 6.20 Å². The Bertz CT molecular complexity index is 518. The summed E-state index contributed by atoms with van der Waals surface area (Å²) in [4.78, 5) is 18.4. The Morgan fingerprint density at radius 3 is 3.00 bits per heavy atom. The zero-order valence-corrected chi connectivity index (χ0v) is 7.30. The van der Waals surface area contributed by atoms with Crippen molar-refractivity contribution >= 4 is 17.6 Å². The van der Waals surface area contributed by atoms with Crippen molar-refractivity contribution in [3.05, 3.63) is 17.6 Å². The van der Waals surface area contributed by atoms with Gasteiger partial charge in [-0.2, -0.15) is 9.50 Å². The third kappa shape index (κ3) is 1.06. The first-order valence-corrected chi connectivity index (χ1v) is 3.80. The molecule has 0 saturated heterocycles. The number of rotatable bonds is 1. The smallest absolute Gasteiger partial charge is 0.341 e. The molecule has 0 aromatic carbocycles. The van der Waals surface area contributed by atoms with Crippen LogP contribution in [0.5, 0.6) is 0 Å². The van der Waals surface area contributed by atoms with E-state index in [0.717, 1.165) is 0 Å². The molecule has 0 aliphatic heterocycles. The molecule has 0 spiro atoms. The molecule has 0 fully saturated rings. The van der Waals surface area contributed by atoms with Crippen LogP contribution in [0, 0.1) is 6.92 Å². The van der Waals surface area contributed by atoms with E-state index >= 15 is 0 Å². The second kappa shape index (κ2) is 2.66. The molecule has 0 amide bonds. The molecule has 7 nitrogen and oxygen atoms in total. The lowest BCUT2D eigenvalue weighted by molar-refractivity contribution is 0.0697. The van der Waals surface area contributed by atoms with Crippen molar-refractivity contribution in [2.45, 2.75) is 6.92 Å². The van der Waals surface area contributed by atoms with Gasteiger partial charge in [0.15, 0.2) is 0 Å². The van der Waals surface area contributed by atoms with Crippen LogP contribution in [-0.4, -0.2) is 30.7 Å². The van der Waals surface area contributed by atoms with Gasteiger partial charge >= 0.3 is 5.97 Å². The number of carboxylic acids is 1. The molecule has 7 heteroatoms. The molecule has 0 bridgehead atoms. The molecule has 0 atom stereocenters. The molecule has 0 aliphatic carbocycles. The molecular weight excluding hydrogens is 186 g/mol. The number of fused-ring (bicyclic) bond motifs is 1. The summed E-state index contributed by atoms with van der Waals surface area (Å²) in [6, 6.07) is 0. The number of aromatic nitrogens is 4. The summed E-state index contributed by atoms with van der Waals surface area (Å²) in [5.41, 5.74) is 5.49. The van der Waals surface area contributed by atoms with E-state index in [2.05, 4.69) is 15.1 Å². The van der Waals surface area contributed by atoms with Crippen LogP contribution >= 0.6 is 0 Å². The van der Waals surface area contributed by atoms with Gasteiger partial charge in [-0.3, -0.25) is 0 Å². The maximum absolute atomic E-state index is 10.7. The summed E-state index contributed by atoms with van der Waals surface area (Å²) in [6.45, 7) is 1.68. The maximum atomic E-state index is 10.7. The van der Waals surface area contributed by atoms with Gasteiger partial charge in [0.2, 0.25) is 0 Å². The normalized spacial score (nSPS) is 10.6. The first-order chi connectivity index (χ1) is 6.59. The summed E-state index contributed by atoms with van der Waals surface area (Å²) in [5, 5.41) is 12.7. The highest BCUT2D eigenvalue weighted by molar-refractivity contribution is 5.92. The van der Waals surface area contributed by atoms with Crippen LogP contribution in [0.25, 0.3) is 5.78 Å². The zero-order valence-electron chi connectivity index (χ0n) is 7.30. The SMILES string of the molecule is Cc1nc2ncc(C(=O)O)c(N)n2n1. The lowest BCUT2D eigenvalue weighted by Crippen LogP contribution is -2.09. The van der Waals surface area contributed by atoms with E-state index in [-0.39, 0.29) is 11.4 Å². The molecule has 14 heavy (non-hydrogen) atoms. The van der Waals surface area contributed by atoms with E-state index in [1.807, 2.05) is 0 Å². The minimum absolute atomic E-state index is 0.0306. The molecule has 0 saturated carbocycles. The fourth-order valence-electron chi connectivity index (χ4n) is 1.12. The second-order valence-electron chi connectivity index (χ2n) is 2.73. The average molecular weight is 193 g/mol. The Labute approximate surface area is 78.2 Å². The number of anilines is 1. The van der Waals surface area contributed by atoms with Crippen molar-refractivity contribution < 1.29 is 9.90 Å². The standard InChI is InChI=1S/C7H7N5O2/c1-3-10-7-9-2-4(6(13)14)5(8)12(7)11-3/h2H,8H2,1H3,(H,13,14). The first-order valence-electron chi connectivity index (χ1n) is 3.80. The number of hydrogen-bond acceptors (Lipinski definition) is 5. The van der Waals surface area contributed by atoms with Crippen LogP contribution in [-0.2, 0) is 0 Å². The van der Waals surface area contributed by atoms with Crippen LogP contribution in [0.3, 0.4) is 0 Å². The third-order valence-corrected chi connectivity index (χ3v) is 1.74. The predicted octanol–water partition coefficient (Wildman–Crippen LogP) is -0.287. The van der Waals surface area contributed by atoms with Crippen molar-refractivity contribution in [2.75, 3.05) is 5.73 Å². The van der Waals surface area contributed by atoms with Crippen molar-refractivity contribution in [1.29, 1.82) is 0 Å². The van der Waals surface area contributed by atoms with E-state index in [1.165, 1.54) is 10.7 Å². The number of aryl methyl sites for hydroxylation is 1. The van der Waals surface area contributed by atoms with Crippen molar-refractivity contribution in [2.24, 2.45) is 0 Å². The van der Waals surface area contributed by atoms with Crippen LogP contribution < -0.4 is 5.73 Å². The molecule has 0 unspecified atom stereocenters. The molecule has 0 aliphatic rings. The monoisotopic (exact) mass is 193 g/mol.